The molecule has 0 aliphatic heterocycles. The number of nitrogens with zero attached hydrogens (tertiary/aromatic N) is 2. The molecular formula is C18H20FN3O. The number of aromatic nitrogens is 1. The molecule has 2 aromatic rings. The molecule has 0 spiro atoms. The predicted octanol–water partition coefficient (Wildman–Crippen LogP) is 3.14. The summed E-state index contributed by atoms with van der Waals surface area (Å²) in [5.41, 5.74) is 1.50. The van der Waals surface area contributed by atoms with Gasteiger partial charge in [0.15, 0.2) is 0 Å². The molecule has 0 bridgehead atoms. The van der Waals surface area contributed by atoms with Crippen LogP contribution in [0, 0.1) is 5.82 Å². The highest BCUT2D eigenvalue weighted by Gasteiger charge is 2.32. The first-order chi connectivity index (χ1) is 11.2. The maximum Gasteiger partial charge on any atom is 0.317 e. The summed E-state index contributed by atoms with van der Waals surface area (Å²) in [5.74, 6) is -0.264. The molecule has 23 heavy (non-hydrogen) atoms. The van der Waals surface area contributed by atoms with Crippen LogP contribution in [0.1, 0.15) is 24.1 Å². The molecule has 0 atom stereocenters. The van der Waals surface area contributed by atoms with E-state index in [1.807, 2.05) is 18.2 Å². The van der Waals surface area contributed by atoms with E-state index in [0.29, 0.717) is 25.1 Å². The number of carbonyl (C=O) groups is 1. The molecule has 2 amide bonds. The number of pyridine rings is 1. The fourth-order valence-electron chi connectivity index (χ4n) is 2.51. The Morgan fingerprint density at radius 2 is 2.00 bits per heavy atom. The van der Waals surface area contributed by atoms with Gasteiger partial charge in [0, 0.05) is 36.5 Å². The van der Waals surface area contributed by atoms with Gasteiger partial charge in [0.25, 0.3) is 0 Å². The number of rotatable bonds is 6. The summed E-state index contributed by atoms with van der Waals surface area (Å²) in [6.45, 7) is 0.836. The Balaban J connectivity index is 1.56. The Morgan fingerprint density at radius 3 is 2.70 bits per heavy atom. The van der Waals surface area contributed by atoms with E-state index in [0.717, 1.165) is 18.5 Å². The van der Waals surface area contributed by atoms with Crippen LogP contribution in [0.15, 0.2) is 48.7 Å². The van der Waals surface area contributed by atoms with Gasteiger partial charge < -0.3 is 10.2 Å². The lowest BCUT2D eigenvalue weighted by Gasteiger charge is -2.23. The Labute approximate surface area is 135 Å². The molecule has 1 N–H and O–H groups in total. The molecule has 1 aliphatic rings. The zero-order chi connectivity index (χ0) is 16.1. The predicted molar refractivity (Wildman–Crippen MR) is 86.3 cm³/mol. The molecule has 5 heteroatoms. The molecule has 1 saturated carbocycles. The normalized spacial score (nSPS) is 13.6. The van der Waals surface area contributed by atoms with Crippen LogP contribution in [-0.4, -0.2) is 28.5 Å². The van der Waals surface area contributed by atoms with Gasteiger partial charge in [-0.25, -0.2) is 9.18 Å². The zero-order valence-corrected chi connectivity index (χ0v) is 12.9. The van der Waals surface area contributed by atoms with Crippen molar-refractivity contribution in [2.75, 3.05) is 6.54 Å². The number of carbonyl (C=O) groups excluding carboxylic acids is 1. The lowest BCUT2D eigenvalue weighted by molar-refractivity contribution is 0.191. The second-order valence-electron chi connectivity index (χ2n) is 5.75. The Morgan fingerprint density at radius 1 is 1.22 bits per heavy atom. The Bertz CT molecular complexity index is 658. The molecule has 1 aromatic heterocycles. The molecular weight excluding hydrogens is 293 g/mol. The van der Waals surface area contributed by atoms with Crippen LogP contribution in [0.25, 0.3) is 0 Å². The molecule has 3 rings (SSSR count). The largest absolute Gasteiger partial charge is 0.338 e. The molecule has 1 aromatic carbocycles. The van der Waals surface area contributed by atoms with Gasteiger partial charge in [-0.05, 0) is 31.0 Å². The number of urea groups is 1. The van der Waals surface area contributed by atoms with Crippen LogP contribution in [0.2, 0.25) is 0 Å². The van der Waals surface area contributed by atoms with E-state index in [1.54, 1.807) is 29.3 Å². The number of hydrogen-bond donors (Lipinski definition) is 1. The van der Waals surface area contributed by atoms with Gasteiger partial charge >= 0.3 is 6.03 Å². The van der Waals surface area contributed by atoms with Crippen molar-refractivity contribution in [1.82, 2.24) is 15.2 Å². The van der Waals surface area contributed by atoms with E-state index in [2.05, 4.69) is 10.3 Å². The average molecular weight is 313 g/mol. The third-order valence-electron chi connectivity index (χ3n) is 3.93. The van der Waals surface area contributed by atoms with Gasteiger partial charge in [-0.1, -0.05) is 24.3 Å². The van der Waals surface area contributed by atoms with Crippen molar-refractivity contribution in [2.45, 2.75) is 31.8 Å². The van der Waals surface area contributed by atoms with Gasteiger partial charge in [0.2, 0.25) is 0 Å². The van der Waals surface area contributed by atoms with Crippen LogP contribution in [0.4, 0.5) is 9.18 Å². The molecule has 0 saturated heterocycles. The average Bonchev–Trinajstić information content (AvgIpc) is 3.40. The molecule has 0 radical (unpaired) electrons. The van der Waals surface area contributed by atoms with E-state index in [4.69, 9.17) is 0 Å². The molecule has 0 unspecified atom stereocenters. The number of halogens is 1. The van der Waals surface area contributed by atoms with Crippen molar-refractivity contribution in [1.29, 1.82) is 0 Å². The summed E-state index contributed by atoms with van der Waals surface area (Å²) < 4.78 is 13.8. The van der Waals surface area contributed by atoms with Crippen molar-refractivity contribution in [3.05, 3.63) is 65.7 Å². The summed E-state index contributed by atoms with van der Waals surface area (Å²) in [6.07, 6.45) is 4.40. The summed E-state index contributed by atoms with van der Waals surface area (Å²) in [5, 5.41) is 2.92. The van der Waals surface area contributed by atoms with Crippen LogP contribution in [0.3, 0.4) is 0 Å². The van der Waals surface area contributed by atoms with Gasteiger partial charge in [-0.15, -0.1) is 0 Å². The minimum atomic E-state index is -0.264. The maximum absolute atomic E-state index is 13.8. The quantitative estimate of drug-likeness (QED) is 0.890. The highest BCUT2D eigenvalue weighted by atomic mass is 19.1. The smallest absolute Gasteiger partial charge is 0.317 e. The third kappa shape index (κ3) is 4.28. The highest BCUT2D eigenvalue weighted by Crippen LogP contribution is 2.28. The standard InChI is InChI=1S/C18H20FN3O/c19-17-7-2-1-5-14(17)13-22(16-8-9-16)18(23)21-12-10-15-6-3-4-11-20-15/h1-7,11,16H,8-10,12-13H2,(H,21,23). The van der Waals surface area contributed by atoms with Gasteiger partial charge in [0.05, 0.1) is 6.54 Å². The summed E-state index contributed by atoms with van der Waals surface area (Å²) in [4.78, 5) is 18.4. The Hall–Kier alpha value is -2.43. The first kappa shape index (κ1) is 15.5. The molecule has 1 aliphatic carbocycles. The van der Waals surface area contributed by atoms with Crippen molar-refractivity contribution < 1.29 is 9.18 Å². The number of hydrogen-bond acceptors (Lipinski definition) is 2. The fourth-order valence-corrected chi connectivity index (χ4v) is 2.51. The van der Waals surface area contributed by atoms with Crippen molar-refractivity contribution in [3.8, 4) is 0 Å². The van der Waals surface area contributed by atoms with Crippen molar-refractivity contribution in [3.63, 3.8) is 0 Å². The van der Waals surface area contributed by atoms with E-state index in [-0.39, 0.29) is 17.9 Å². The SMILES string of the molecule is O=C(NCCc1ccccn1)N(Cc1ccccc1F)C1CC1. The lowest BCUT2D eigenvalue weighted by Crippen LogP contribution is -2.41. The van der Waals surface area contributed by atoms with Crippen LogP contribution in [0.5, 0.6) is 0 Å². The van der Waals surface area contributed by atoms with Crippen molar-refractivity contribution >= 4 is 6.03 Å². The number of amides is 2. The second kappa shape index (κ2) is 7.22. The van der Waals surface area contributed by atoms with Crippen LogP contribution in [-0.2, 0) is 13.0 Å². The van der Waals surface area contributed by atoms with E-state index in [9.17, 15) is 9.18 Å². The number of benzene rings is 1. The number of nitrogens with one attached hydrogen (secondary N) is 1. The molecule has 4 nitrogen and oxygen atoms in total. The van der Waals surface area contributed by atoms with Gasteiger partial charge in [-0.2, -0.15) is 0 Å². The Kier molecular flexibility index (Phi) is 4.86. The van der Waals surface area contributed by atoms with Crippen LogP contribution < -0.4 is 5.32 Å². The van der Waals surface area contributed by atoms with Gasteiger partial charge in [0.1, 0.15) is 5.82 Å². The monoisotopic (exact) mass is 313 g/mol. The molecule has 1 fully saturated rings. The van der Waals surface area contributed by atoms with E-state index >= 15 is 0 Å². The fraction of sp³-hybridized carbons (Fsp3) is 0.333. The summed E-state index contributed by atoms with van der Waals surface area (Å²) in [6, 6.07) is 12.4. The van der Waals surface area contributed by atoms with Gasteiger partial charge in [-0.3, -0.25) is 4.98 Å². The topological polar surface area (TPSA) is 45.2 Å². The maximum atomic E-state index is 13.8. The molecule has 1 heterocycles. The van der Waals surface area contributed by atoms with E-state index < -0.39 is 0 Å². The minimum absolute atomic E-state index is 0.133. The van der Waals surface area contributed by atoms with Crippen LogP contribution >= 0.6 is 0 Å². The summed E-state index contributed by atoms with van der Waals surface area (Å²) in [7, 11) is 0. The summed E-state index contributed by atoms with van der Waals surface area (Å²) >= 11 is 0. The second-order valence-corrected chi connectivity index (χ2v) is 5.75. The third-order valence-corrected chi connectivity index (χ3v) is 3.93. The lowest BCUT2D eigenvalue weighted by atomic mass is 10.2. The highest BCUT2D eigenvalue weighted by molar-refractivity contribution is 5.75. The minimum Gasteiger partial charge on any atom is -0.338 e. The van der Waals surface area contributed by atoms with E-state index in [1.165, 1.54) is 6.07 Å². The first-order valence-electron chi connectivity index (χ1n) is 7.92. The zero-order valence-electron chi connectivity index (χ0n) is 12.9. The first-order valence-corrected chi connectivity index (χ1v) is 7.92. The van der Waals surface area contributed by atoms with Crippen molar-refractivity contribution in [2.24, 2.45) is 0 Å². The molecule has 120 valence electrons.